The molecule has 0 unspecified atom stereocenters. The number of imidazole rings is 1. The molecule has 1 atom stereocenters. The van der Waals surface area contributed by atoms with E-state index in [0.29, 0.717) is 18.8 Å². The molecule has 2 aromatic rings. The van der Waals surface area contributed by atoms with Gasteiger partial charge in [0, 0.05) is 25.4 Å². The summed E-state index contributed by atoms with van der Waals surface area (Å²) in [5.41, 5.74) is 1.79. The average molecular weight is 355 g/mol. The van der Waals surface area contributed by atoms with Gasteiger partial charge in [0.2, 0.25) is 0 Å². The van der Waals surface area contributed by atoms with Crippen LogP contribution in [0.25, 0.3) is 6.08 Å². The number of ether oxygens (including phenoxy) is 2. The molecule has 6 nitrogen and oxygen atoms in total. The minimum Gasteiger partial charge on any atom is -0.497 e. The van der Waals surface area contributed by atoms with E-state index in [2.05, 4.69) is 11.9 Å². The minimum absolute atomic E-state index is 0.0603. The van der Waals surface area contributed by atoms with Crippen molar-refractivity contribution in [3.63, 3.8) is 0 Å². The number of rotatable bonds is 6. The summed E-state index contributed by atoms with van der Waals surface area (Å²) >= 11 is 0. The highest BCUT2D eigenvalue weighted by Gasteiger charge is 2.29. The Morgan fingerprint density at radius 1 is 1.35 bits per heavy atom. The third kappa shape index (κ3) is 4.25. The highest BCUT2D eigenvalue weighted by molar-refractivity contribution is 5.96. The molecule has 1 aliphatic rings. The first kappa shape index (κ1) is 18.0. The van der Waals surface area contributed by atoms with Crippen molar-refractivity contribution in [1.82, 2.24) is 14.5 Å². The van der Waals surface area contributed by atoms with Gasteiger partial charge in [-0.1, -0.05) is 19.1 Å². The zero-order chi connectivity index (χ0) is 18.5. The van der Waals surface area contributed by atoms with Crippen molar-refractivity contribution in [3.05, 3.63) is 53.8 Å². The van der Waals surface area contributed by atoms with Gasteiger partial charge in [0.25, 0.3) is 5.91 Å². The number of morpholine rings is 1. The molecule has 0 spiro atoms. The number of carbonyl (C=O) groups is 1. The molecule has 2 heterocycles. The van der Waals surface area contributed by atoms with Gasteiger partial charge in [-0.2, -0.15) is 0 Å². The van der Waals surface area contributed by atoms with E-state index < -0.39 is 0 Å². The van der Waals surface area contributed by atoms with Crippen LogP contribution in [0.2, 0.25) is 0 Å². The van der Waals surface area contributed by atoms with E-state index in [9.17, 15) is 4.79 Å². The molecular weight excluding hydrogens is 330 g/mol. The highest BCUT2D eigenvalue weighted by Crippen LogP contribution is 2.21. The Morgan fingerprint density at radius 3 is 2.81 bits per heavy atom. The lowest BCUT2D eigenvalue weighted by Gasteiger charge is -2.33. The molecular formula is C20H25N3O3. The van der Waals surface area contributed by atoms with E-state index >= 15 is 0 Å². The van der Waals surface area contributed by atoms with Crippen molar-refractivity contribution in [2.75, 3.05) is 13.7 Å². The van der Waals surface area contributed by atoms with E-state index in [4.69, 9.17) is 9.47 Å². The molecule has 0 N–H and O–H groups in total. The lowest BCUT2D eigenvalue weighted by Crippen LogP contribution is -2.43. The second kappa shape index (κ2) is 8.08. The predicted molar refractivity (Wildman–Crippen MR) is 99.5 cm³/mol. The fraction of sp³-hybridized carbons (Fsp3) is 0.400. The largest absolute Gasteiger partial charge is 0.497 e. The summed E-state index contributed by atoms with van der Waals surface area (Å²) in [6.07, 6.45) is 6.41. The molecule has 6 heteroatoms. The molecule has 1 saturated heterocycles. The van der Waals surface area contributed by atoms with Crippen LogP contribution < -0.4 is 4.74 Å². The Labute approximate surface area is 154 Å². The number of nitrogens with zero attached hydrogens (tertiary/aromatic N) is 3. The van der Waals surface area contributed by atoms with Crippen molar-refractivity contribution in [3.8, 4) is 5.75 Å². The Morgan fingerprint density at radius 2 is 2.12 bits per heavy atom. The lowest BCUT2D eigenvalue weighted by molar-refractivity contribution is -0.139. The van der Waals surface area contributed by atoms with Gasteiger partial charge in [-0.15, -0.1) is 0 Å². The molecule has 0 bridgehead atoms. The first-order valence-electron chi connectivity index (χ1n) is 8.91. The standard InChI is InChI=1S/C20H25N3O3/c1-4-9-22-13-17(21-14-22)10-19-20(24)23(11-15(2)26-19)12-16-5-7-18(25-3)8-6-16/h5-8,10,13-15H,4,9,11-12H2,1-3H3/t15-/m1/s1. The summed E-state index contributed by atoms with van der Waals surface area (Å²) in [4.78, 5) is 19.0. The van der Waals surface area contributed by atoms with Gasteiger partial charge >= 0.3 is 0 Å². The predicted octanol–water partition coefficient (Wildman–Crippen LogP) is 3.09. The second-order valence-electron chi connectivity index (χ2n) is 6.51. The van der Waals surface area contributed by atoms with Crippen LogP contribution in [-0.4, -0.2) is 40.1 Å². The van der Waals surface area contributed by atoms with Gasteiger partial charge in [-0.25, -0.2) is 4.98 Å². The molecule has 0 aliphatic carbocycles. The monoisotopic (exact) mass is 355 g/mol. The maximum Gasteiger partial charge on any atom is 0.289 e. The van der Waals surface area contributed by atoms with Crippen molar-refractivity contribution in [2.45, 2.75) is 39.5 Å². The third-order valence-corrected chi connectivity index (χ3v) is 4.25. The number of amides is 1. The fourth-order valence-electron chi connectivity index (χ4n) is 3.00. The summed E-state index contributed by atoms with van der Waals surface area (Å²) in [6.45, 7) is 6.09. The molecule has 26 heavy (non-hydrogen) atoms. The molecule has 1 fully saturated rings. The first-order chi connectivity index (χ1) is 12.6. The zero-order valence-corrected chi connectivity index (χ0v) is 15.5. The summed E-state index contributed by atoms with van der Waals surface area (Å²) < 4.78 is 13.0. The van der Waals surface area contributed by atoms with Crippen molar-refractivity contribution in [1.29, 1.82) is 0 Å². The van der Waals surface area contributed by atoms with Crippen LogP contribution in [0.1, 0.15) is 31.5 Å². The van der Waals surface area contributed by atoms with Crippen molar-refractivity contribution in [2.24, 2.45) is 0 Å². The molecule has 1 aromatic carbocycles. The number of carbonyl (C=O) groups excluding carboxylic acids is 1. The fourth-order valence-corrected chi connectivity index (χ4v) is 3.00. The van der Waals surface area contributed by atoms with Crippen LogP contribution in [-0.2, 0) is 22.6 Å². The third-order valence-electron chi connectivity index (χ3n) is 4.25. The van der Waals surface area contributed by atoms with E-state index in [1.54, 1.807) is 19.5 Å². The smallest absolute Gasteiger partial charge is 0.289 e. The summed E-state index contributed by atoms with van der Waals surface area (Å²) in [6, 6.07) is 7.76. The van der Waals surface area contributed by atoms with Crippen LogP contribution in [0.5, 0.6) is 5.75 Å². The van der Waals surface area contributed by atoms with Crippen LogP contribution in [0.15, 0.2) is 42.5 Å². The van der Waals surface area contributed by atoms with Gasteiger partial charge in [-0.3, -0.25) is 4.79 Å². The Kier molecular flexibility index (Phi) is 5.61. The topological polar surface area (TPSA) is 56.6 Å². The maximum absolute atomic E-state index is 12.8. The number of hydrogen-bond donors (Lipinski definition) is 0. The molecule has 1 aliphatic heterocycles. The lowest BCUT2D eigenvalue weighted by atomic mass is 10.1. The van der Waals surface area contributed by atoms with Crippen molar-refractivity contribution >= 4 is 12.0 Å². The number of aryl methyl sites for hydroxylation is 1. The number of hydrogen-bond acceptors (Lipinski definition) is 4. The highest BCUT2D eigenvalue weighted by atomic mass is 16.5. The van der Waals surface area contributed by atoms with Gasteiger partial charge < -0.3 is 18.9 Å². The first-order valence-corrected chi connectivity index (χ1v) is 8.91. The number of methoxy groups -OCH3 is 1. The van der Waals surface area contributed by atoms with E-state index in [0.717, 1.165) is 30.0 Å². The molecule has 3 rings (SSSR count). The van der Waals surface area contributed by atoms with Gasteiger partial charge in [0.05, 0.1) is 25.7 Å². The summed E-state index contributed by atoms with van der Waals surface area (Å²) in [7, 11) is 1.64. The maximum atomic E-state index is 12.8. The van der Waals surface area contributed by atoms with E-state index in [1.165, 1.54) is 0 Å². The molecule has 1 amide bonds. The van der Waals surface area contributed by atoms with Crippen LogP contribution in [0, 0.1) is 0 Å². The van der Waals surface area contributed by atoms with Gasteiger partial charge in [-0.05, 0) is 31.0 Å². The van der Waals surface area contributed by atoms with Gasteiger partial charge in [0.15, 0.2) is 5.76 Å². The van der Waals surface area contributed by atoms with Gasteiger partial charge in [0.1, 0.15) is 11.9 Å². The SMILES string of the molecule is CCCn1cnc(C=C2O[C@H](C)CN(Cc3ccc(OC)cc3)C2=O)c1. The average Bonchev–Trinajstić information content (AvgIpc) is 3.07. The Balaban J connectivity index is 1.75. The molecule has 0 radical (unpaired) electrons. The van der Waals surface area contributed by atoms with E-state index in [-0.39, 0.29) is 12.0 Å². The van der Waals surface area contributed by atoms with Crippen LogP contribution in [0.4, 0.5) is 0 Å². The normalized spacial score (nSPS) is 18.9. The Hall–Kier alpha value is -2.76. The number of aromatic nitrogens is 2. The zero-order valence-electron chi connectivity index (χ0n) is 15.5. The Bertz CT molecular complexity index is 780. The minimum atomic E-state index is -0.107. The van der Waals surface area contributed by atoms with Crippen LogP contribution >= 0.6 is 0 Å². The second-order valence-corrected chi connectivity index (χ2v) is 6.51. The summed E-state index contributed by atoms with van der Waals surface area (Å²) in [5.74, 6) is 1.04. The van der Waals surface area contributed by atoms with Crippen LogP contribution in [0.3, 0.4) is 0 Å². The molecule has 1 aromatic heterocycles. The van der Waals surface area contributed by atoms with Crippen molar-refractivity contribution < 1.29 is 14.3 Å². The quantitative estimate of drug-likeness (QED) is 0.747. The number of benzene rings is 1. The summed E-state index contributed by atoms with van der Waals surface area (Å²) in [5, 5.41) is 0. The molecule has 0 saturated carbocycles. The van der Waals surface area contributed by atoms with E-state index in [1.807, 2.05) is 46.9 Å². The molecule has 138 valence electrons.